The third-order valence-electron chi connectivity index (χ3n) is 6.14. The van der Waals surface area contributed by atoms with E-state index in [-0.39, 0.29) is 29.2 Å². The van der Waals surface area contributed by atoms with Crippen LogP contribution in [0.4, 0.5) is 33.9 Å². The molecule has 0 aliphatic carbocycles. The summed E-state index contributed by atoms with van der Waals surface area (Å²) >= 11 is 0. The number of piperazine rings is 1. The van der Waals surface area contributed by atoms with Crippen molar-refractivity contribution in [2.75, 3.05) is 36.8 Å². The van der Waals surface area contributed by atoms with Crippen LogP contribution in [0.5, 0.6) is 0 Å². The van der Waals surface area contributed by atoms with Crippen molar-refractivity contribution in [2.45, 2.75) is 12.7 Å². The number of H-pyrrole nitrogens is 1. The Labute approximate surface area is 220 Å². The Kier molecular flexibility index (Phi) is 7.44. The maximum Gasteiger partial charge on any atom is 0.416 e. The fourth-order valence-corrected chi connectivity index (χ4v) is 4.22. The summed E-state index contributed by atoms with van der Waals surface area (Å²) < 4.78 is 55.9. The molecule has 1 fully saturated rings. The average Bonchev–Trinajstić information content (AvgIpc) is 3.39. The number of aromatic nitrogens is 3. The van der Waals surface area contributed by atoms with Crippen LogP contribution in [-0.2, 0) is 12.7 Å². The number of hydrogen-bond acceptors (Lipinski definition) is 5. The topological polar surface area (TPSA) is 98.0 Å². The van der Waals surface area contributed by atoms with Crippen LogP contribution < -0.4 is 16.0 Å². The number of aromatic amines is 1. The molecule has 8 nitrogen and oxygen atoms in total. The number of nitrogens with one attached hydrogen (secondary N) is 4. The lowest BCUT2D eigenvalue weighted by molar-refractivity contribution is -0.138. The summed E-state index contributed by atoms with van der Waals surface area (Å²) in [7, 11) is 0. The zero-order chi connectivity index (χ0) is 27.4. The molecule has 0 spiro atoms. The van der Waals surface area contributed by atoms with Crippen molar-refractivity contribution in [1.82, 2.24) is 25.2 Å². The van der Waals surface area contributed by atoms with Crippen molar-refractivity contribution in [2.24, 2.45) is 0 Å². The Balaban J connectivity index is 1.27. The number of anilines is 2. The van der Waals surface area contributed by atoms with Crippen molar-refractivity contribution in [3.63, 3.8) is 0 Å². The van der Waals surface area contributed by atoms with E-state index in [2.05, 4.69) is 42.7 Å². The van der Waals surface area contributed by atoms with Crippen LogP contribution >= 0.6 is 0 Å². The molecule has 2 amide bonds. The third-order valence-corrected chi connectivity index (χ3v) is 6.14. The van der Waals surface area contributed by atoms with Crippen LogP contribution in [-0.4, -0.2) is 52.1 Å². The highest BCUT2D eigenvalue weighted by Crippen LogP contribution is 2.34. The molecular weight excluding hydrogens is 514 g/mol. The normalized spacial score (nSPS) is 14.1. The fraction of sp³-hybridized carbons (Fsp3) is 0.222. The highest BCUT2D eigenvalue weighted by atomic mass is 19.4. The fourth-order valence-electron chi connectivity index (χ4n) is 4.22. The first-order valence-corrected chi connectivity index (χ1v) is 12.1. The molecule has 0 saturated carbocycles. The molecule has 4 N–H and O–H groups in total. The number of rotatable bonds is 4. The van der Waals surface area contributed by atoms with Gasteiger partial charge in [0.1, 0.15) is 11.5 Å². The van der Waals surface area contributed by atoms with E-state index in [1.807, 2.05) is 4.90 Å². The number of benzene rings is 1. The van der Waals surface area contributed by atoms with Crippen LogP contribution in [0.15, 0.2) is 55.0 Å². The Bertz CT molecular complexity index is 1570. The van der Waals surface area contributed by atoms with E-state index >= 15 is 0 Å². The van der Waals surface area contributed by atoms with Crippen molar-refractivity contribution in [3.05, 3.63) is 83.1 Å². The summed E-state index contributed by atoms with van der Waals surface area (Å²) in [6.07, 6.45) is -0.280. The lowest BCUT2D eigenvalue weighted by Gasteiger charge is -2.28. The quantitative estimate of drug-likeness (QED) is 0.226. The number of amides is 2. The standard InChI is InChI=1S/C27H23F4N7O/c28-24-18(15-35-25-21(24)6-8-34-25)2-1-17-5-7-33-23(13-17)37-26(39)36-20-4-3-19(22(14-20)27(29,30)31)16-38-11-9-32-10-12-38/h3-8,13-15,32H,9-12,16H2,(H,34,35)(H2,33,36,37,39). The SMILES string of the molecule is O=C(Nc1ccc(CN2CCNCC2)c(C(F)(F)F)c1)Nc1cc(C#Cc2cnc3[nH]ccc3c2F)ccn1. The second-order valence-corrected chi connectivity index (χ2v) is 8.88. The van der Waals surface area contributed by atoms with E-state index in [0.29, 0.717) is 29.7 Å². The molecule has 0 atom stereocenters. The van der Waals surface area contributed by atoms with Crippen LogP contribution in [0.2, 0.25) is 0 Å². The highest BCUT2D eigenvalue weighted by molar-refractivity contribution is 5.99. The molecule has 4 heterocycles. The van der Waals surface area contributed by atoms with Crippen LogP contribution in [0, 0.1) is 17.7 Å². The predicted octanol–water partition coefficient (Wildman–Crippen LogP) is 4.56. The Morgan fingerprint density at radius 3 is 2.67 bits per heavy atom. The molecular formula is C27H23F4N7O. The third kappa shape index (κ3) is 6.34. The summed E-state index contributed by atoms with van der Waals surface area (Å²) in [4.78, 5) is 25.5. The molecule has 1 aromatic carbocycles. The molecule has 1 saturated heterocycles. The zero-order valence-corrected chi connectivity index (χ0v) is 20.5. The molecule has 0 radical (unpaired) electrons. The Morgan fingerprint density at radius 1 is 1.05 bits per heavy atom. The van der Waals surface area contributed by atoms with E-state index in [1.165, 1.54) is 30.6 Å². The number of hydrogen-bond donors (Lipinski definition) is 4. The van der Waals surface area contributed by atoms with Crippen molar-refractivity contribution in [1.29, 1.82) is 0 Å². The molecule has 200 valence electrons. The first-order chi connectivity index (χ1) is 18.8. The van der Waals surface area contributed by atoms with E-state index in [9.17, 15) is 22.4 Å². The summed E-state index contributed by atoms with van der Waals surface area (Å²) in [6.45, 7) is 2.92. The maximum absolute atomic E-state index is 14.6. The molecule has 39 heavy (non-hydrogen) atoms. The molecule has 5 rings (SSSR count). The highest BCUT2D eigenvalue weighted by Gasteiger charge is 2.34. The number of carbonyl (C=O) groups is 1. The lowest BCUT2D eigenvalue weighted by Crippen LogP contribution is -2.43. The molecule has 3 aromatic heterocycles. The summed E-state index contributed by atoms with van der Waals surface area (Å²) in [5.74, 6) is 5.13. The second-order valence-electron chi connectivity index (χ2n) is 8.88. The largest absolute Gasteiger partial charge is 0.416 e. The van der Waals surface area contributed by atoms with Gasteiger partial charge in [0, 0.05) is 62.6 Å². The first-order valence-electron chi connectivity index (χ1n) is 12.1. The van der Waals surface area contributed by atoms with Gasteiger partial charge in [-0.2, -0.15) is 13.2 Å². The number of urea groups is 1. The second kappa shape index (κ2) is 11.1. The van der Waals surface area contributed by atoms with Crippen LogP contribution in [0.1, 0.15) is 22.3 Å². The van der Waals surface area contributed by atoms with Gasteiger partial charge in [-0.05, 0) is 35.9 Å². The van der Waals surface area contributed by atoms with Gasteiger partial charge in [0.2, 0.25) is 0 Å². The first kappa shape index (κ1) is 26.1. The van der Waals surface area contributed by atoms with Crippen LogP contribution in [0.25, 0.3) is 11.0 Å². The Morgan fingerprint density at radius 2 is 1.87 bits per heavy atom. The number of carbonyl (C=O) groups excluding carboxylic acids is 1. The molecule has 1 aliphatic rings. The average molecular weight is 538 g/mol. The van der Waals surface area contributed by atoms with Gasteiger partial charge in [-0.1, -0.05) is 17.9 Å². The molecule has 12 heteroatoms. The van der Waals surface area contributed by atoms with Crippen LogP contribution in [0.3, 0.4) is 0 Å². The summed E-state index contributed by atoms with van der Waals surface area (Å²) in [5.41, 5.74) is 0.288. The molecule has 1 aliphatic heterocycles. The minimum Gasteiger partial charge on any atom is -0.346 e. The summed E-state index contributed by atoms with van der Waals surface area (Å²) in [6, 6.07) is 7.57. The van der Waals surface area contributed by atoms with Crippen molar-refractivity contribution in [3.8, 4) is 11.8 Å². The van der Waals surface area contributed by atoms with E-state index in [1.54, 1.807) is 18.3 Å². The van der Waals surface area contributed by atoms with Gasteiger partial charge in [-0.25, -0.2) is 19.2 Å². The summed E-state index contributed by atoms with van der Waals surface area (Å²) in [5, 5.41) is 8.40. The van der Waals surface area contributed by atoms with E-state index in [4.69, 9.17) is 0 Å². The number of nitrogens with zero attached hydrogens (tertiary/aromatic N) is 3. The lowest BCUT2D eigenvalue weighted by atomic mass is 10.0. The van der Waals surface area contributed by atoms with Crippen molar-refractivity contribution < 1.29 is 22.4 Å². The predicted molar refractivity (Wildman–Crippen MR) is 139 cm³/mol. The zero-order valence-electron chi connectivity index (χ0n) is 20.5. The minimum atomic E-state index is -4.58. The van der Waals surface area contributed by atoms with Gasteiger partial charge in [0.25, 0.3) is 0 Å². The molecule has 4 aromatic rings. The number of pyridine rings is 2. The van der Waals surface area contributed by atoms with Gasteiger partial charge in [0.05, 0.1) is 16.5 Å². The van der Waals surface area contributed by atoms with Crippen molar-refractivity contribution >= 4 is 28.6 Å². The number of alkyl halides is 3. The van der Waals surface area contributed by atoms with Gasteiger partial charge < -0.3 is 15.6 Å². The van der Waals surface area contributed by atoms with Gasteiger partial charge in [-0.15, -0.1) is 0 Å². The smallest absolute Gasteiger partial charge is 0.346 e. The van der Waals surface area contributed by atoms with Gasteiger partial charge >= 0.3 is 12.2 Å². The van der Waals surface area contributed by atoms with Gasteiger partial charge in [-0.3, -0.25) is 10.2 Å². The van der Waals surface area contributed by atoms with Gasteiger partial charge in [0.15, 0.2) is 5.82 Å². The number of fused-ring (bicyclic) bond motifs is 1. The molecule has 0 bridgehead atoms. The van der Waals surface area contributed by atoms with E-state index < -0.39 is 23.6 Å². The molecule has 0 unspecified atom stereocenters. The monoisotopic (exact) mass is 537 g/mol. The maximum atomic E-state index is 14.6. The number of halogens is 4. The Hall–Kier alpha value is -4.47. The van der Waals surface area contributed by atoms with E-state index in [0.717, 1.165) is 19.2 Å². The minimum absolute atomic E-state index is 0.0112.